The van der Waals surface area contributed by atoms with Gasteiger partial charge >= 0.3 is 0 Å². The lowest BCUT2D eigenvalue weighted by molar-refractivity contribution is -0.113. The Morgan fingerprint density at radius 1 is 1.31 bits per heavy atom. The largest absolute Gasteiger partial charge is 0.389 e. The van der Waals surface area contributed by atoms with Crippen molar-refractivity contribution in [3.63, 3.8) is 0 Å². The molecule has 0 aliphatic heterocycles. The smallest absolute Gasteiger partial charge is 0.155 e. The Morgan fingerprint density at radius 3 is 2.23 bits per heavy atom. The fourth-order valence-corrected chi connectivity index (χ4v) is 0.993. The van der Waals surface area contributed by atoms with Gasteiger partial charge in [-0.3, -0.25) is 4.79 Å². The van der Waals surface area contributed by atoms with Gasteiger partial charge in [0.05, 0.1) is 6.10 Å². The molecular formula is C11H20O2. The molecule has 2 nitrogen and oxygen atoms in total. The molecule has 1 unspecified atom stereocenters. The third kappa shape index (κ3) is 6.52. The van der Waals surface area contributed by atoms with E-state index < -0.39 is 6.10 Å². The monoisotopic (exact) mass is 184 g/mol. The van der Waals surface area contributed by atoms with Crippen molar-refractivity contribution in [2.45, 2.75) is 46.6 Å². The molecule has 0 bridgehead atoms. The summed E-state index contributed by atoms with van der Waals surface area (Å²) in [5.41, 5.74) is 0.649. The van der Waals surface area contributed by atoms with Gasteiger partial charge in [0, 0.05) is 0 Å². The van der Waals surface area contributed by atoms with Gasteiger partial charge in [-0.2, -0.15) is 0 Å². The highest BCUT2D eigenvalue weighted by Gasteiger charge is 2.04. The molecule has 0 amide bonds. The van der Waals surface area contributed by atoms with Crippen LogP contribution in [0, 0.1) is 5.92 Å². The molecule has 0 aromatic heterocycles. The van der Waals surface area contributed by atoms with E-state index in [1.165, 1.54) is 6.92 Å². The molecule has 0 spiro atoms. The fourth-order valence-electron chi connectivity index (χ4n) is 0.993. The molecule has 0 aromatic carbocycles. The maximum Gasteiger partial charge on any atom is 0.155 e. The summed E-state index contributed by atoms with van der Waals surface area (Å²) in [5.74, 6) is 0.629. The van der Waals surface area contributed by atoms with Gasteiger partial charge in [-0.15, -0.1) is 0 Å². The number of aliphatic hydroxyl groups excluding tert-OH is 1. The summed E-state index contributed by atoms with van der Waals surface area (Å²) in [6.07, 6.45) is 2.90. The maximum absolute atomic E-state index is 10.8. The molecule has 2 heteroatoms. The molecule has 0 fully saturated rings. The number of allylic oxidation sites excluding steroid dienone is 1. The van der Waals surface area contributed by atoms with E-state index in [0.29, 0.717) is 11.5 Å². The molecule has 0 radical (unpaired) electrons. The Morgan fingerprint density at radius 2 is 1.85 bits per heavy atom. The molecule has 1 atom stereocenters. The summed E-state index contributed by atoms with van der Waals surface area (Å²) in [5, 5.41) is 9.49. The van der Waals surface area contributed by atoms with Gasteiger partial charge in [0.25, 0.3) is 0 Å². The Bertz CT molecular complexity index is 192. The van der Waals surface area contributed by atoms with Gasteiger partial charge in [-0.05, 0) is 44.3 Å². The van der Waals surface area contributed by atoms with E-state index >= 15 is 0 Å². The first-order valence-corrected chi connectivity index (χ1v) is 4.81. The number of hydrogen-bond donors (Lipinski definition) is 1. The average Bonchev–Trinajstić information content (AvgIpc) is 2.00. The minimum Gasteiger partial charge on any atom is -0.389 e. The number of Topliss-reactive ketones (excluding diaryl/α,β-unsaturated/α-hetero) is 1. The summed E-state index contributed by atoms with van der Waals surface area (Å²) in [6, 6.07) is 0. The molecule has 76 valence electrons. The highest BCUT2D eigenvalue weighted by Crippen LogP contribution is 2.09. The lowest BCUT2D eigenvalue weighted by Crippen LogP contribution is -2.06. The van der Waals surface area contributed by atoms with Crippen LogP contribution in [0.5, 0.6) is 0 Å². The van der Waals surface area contributed by atoms with Crippen molar-refractivity contribution in [1.82, 2.24) is 0 Å². The van der Waals surface area contributed by atoms with Crippen LogP contribution in [0.25, 0.3) is 0 Å². The predicted molar refractivity (Wildman–Crippen MR) is 54.5 cm³/mol. The number of aliphatic hydroxyl groups is 1. The van der Waals surface area contributed by atoms with E-state index in [1.807, 2.05) is 0 Å². The molecule has 0 aliphatic carbocycles. The first-order chi connectivity index (χ1) is 5.93. The zero-order valence-corrected chi connectivity index (χ0v) is 9.00. The van der Waals surface area contributed by atoms with Crippen molar-refractivity contribution in [3.05, 3.63) is 11.6 Å². The molecule has 0 saturated heterocycles. The third-order valence-corrected chi connectivity index (χ3v) is 2.04. The van der Waals surface area contributed by atoms with Gasteiger partial charge in [-0.25, -0.2) is 0 Å². The molecule has 0 aliphatic rings. The zero-order chi connectivity index (χ0) is 10.4. The summed E-state index contributed by atoms with van der Waals surface area (Å²) in [6.45, 7) is 7.49. The van der Waals surface area contributed by atoms with Crippen LogP contribution >= 0.6 is 0 Å². The van der Waals surface area contributed by atoms with E-state index in [0.717, 1.165) is 12.8 Å². The van der Waals surface area contributed by atoms with Crippen molar-refractivity contribution >= 4 is 5.78 Å². The van der Waals surface area contributed by atoms with Gasteiger partial charge in [0.1, 0.15) is 0 Å². The Labute approximate surface area is 80.7 Å². The van der Waals surface area contributed by atoms with Crippen LogP contribution in [0.1, 0.15) is 40.5 Å². The van der Waals surface area contributed by atoms with Crippen LogP contribution in [0.2, 0.25) is 0 Å². The second kappa shape index (κ2) is 5.92. The Balaban J connectivity index is 3.92. The van der Waals surface area contributed by atoms with E-state index in [-0.39, 0.29) is 5.78 Å². The van der Waals surface area contributed by atoms with E-state index in [4.69, 9.17) is 0 Å². The first-order valence-electron chi connectivity index (χ1n) is 4.81. The summed E-state index contributed by atoms with van der Waals surface area (Å²) < 4.78 is 0. The second-order valence-corrected chi connectivity index (χ2v) is 3.94. The number of hydrogen-bond acceptors (Lipinski definition) is 2. The number of ketones is 1. The summed E-state index contributed by atoms with van der Waals surface area (Å²) in [4.78, 5) is 10.8. The number of rotatable bonds is 5. The van der Waals surface area contributed by atoms with Crippen LogP contribution in [-0.4, -0.2) is 17.0 Å². The molecule has 0 heterocycles. The van der Waals surface area contributed by atoms with Crippen LogP contribution in [0.3, 0.4) is 0 Å². The molecule has 0 saturated carbocycles. The van der Waals surface area contributed by atoms with E-state index in [2.05, 4.69) is 13.8 Å². The third-order valence-electron chi connectivity index (χ3n) is 2.04. The van der Waals surface area contributed by atoms with E-state index in [1.54, 1.807) is 13.0 Å². The van der Waals surface area contributed by atoms with Crippen molar-refractivity contribution < 1.29 is 9.90 Å². The minimum absolute atomic E-state index is 0.0311. The van der Waals surface area contributed by atoms with Gasteiger partial charge < -0.3 is 5.11 Å². The van der Waals surface area contributed by atoms with Crippen molar-refractivity contribution in [3.8, 4) is 0 Å². The predicted octanol–water partition coefficient (Wildman–Crippen LogP) is 2.32. The van der Waals surface area contributed by atoms with Crippen LogP contribution in [0.4, 0.5) is 0 Å². The second-order valence-electron chi connectivity index (χ2n) is 3.94. The van der Waals surface area contributed by atoms with Crippen molar-refractivity contribution in [2.24, 2.45) is 5.92 Å². The van der Waals surface area contributed by atoms with E-state index in [9.17, 15) is 9.90 Å². The highest BCUT2D eigenvalue weighted by molar-refractivity contribution is 5.92. The highest BCUT2D eigenvalue weighted by atomic mass is 16.3. The lowest BCUT2D eigenvalue weighted by atomic mass is 10.0. The average molecular weight is 184 g/mol. The lowest BCUT2D eigenvalue weighted by Gasteiger charge is -2.08. The fraction of sp³-hybridized carbons (Fsp3) is 0.727. The maximum atomic E-state index is 10.8. The zero-order valence-electron chi connectivity index (χ0n) is 9.00. The van der Waals surface area contributed by atoms with Crippen LogP contribution < -0.4 is 0 Å². The van der Waals surface area contributed by atoms with Crippen molar-refractivity contribution in [2.75, 3.05) is 0 Å². The Hall–Kier alpha value is -0.630. The van der Waals surface area contributed by atoms with Gasteiger partial charge in [-0.1, -0.05) is 13.8 Å². The van der Waals surface area contributed by atoms with Crippen molar-refractivity contribution in [1.29, 1.82) is 0 Å². The standard InChI is InChI=1S/C11H20O2/c1-8(2)5-6-11(13)7-9(3)10(4)12/h7-8,11,13H,5-6H2,1-4H3. The van der Waals surface area contributed by atoms with Crippen LogP contribution in [-0.2, 0) is 4.79 Å². The molecule has 0 aromatic rings. The van der Waals surface area contributed by atoms with Gasteiger partial charge in [0.15, 0.2) is 5.78 Å². The molecule has 13 heavy (non-hydrogen) atoms. The first kappa shape index (κ1) is 12.4. The van der Waals surface area contributed by atoms with Crippen LogP contribution in [0.15, 0.2) is 11.6 Å². The quantitative estimate of drug-likeness (QED) is 0.666. The topological polar surface area (TPSA) is 37.3 Å². The summed E-state index contributed by atoms with van der Waals surface area (Å²) in [7, 11) is 0. The molecule has 0 rings (SSSR count). The Kier molecular flexibility index (Phi) is 5.63. The number of carbonyl (C=O) groups is 1. The minimum atomic E-state index is -0.466. The summed E-state index contributed by atoms with van der Waals surface area (Å²) >= 11 is 0. The SMILES string of the molecule is CC(=O)C(C)=CC(O)CCC(C)C. The molecular weight excluding hydrogens is 164 g/mol. The molecule has 1 N–H and O–H groups in total. The normalized spacial score (nSPS) is 14.8. The number of carbonyl (C=O) groups excluding carboxylic acids is 1. The van der Waals surface area contributed by atoms with Gasteiger partial charge in [0.2, 0.25) is 0 Å².